The highest BCUT2D eigenvalue weighted by molar-refractivity contribution is 5.77. The highest BCUT2D eigenvalue weighted by Gasteiger charge is 1.96. The quantitative estimate of drug-likeness (QED) is 0.663. The number of nitrogens with two attached hydrogens (primary N) is 1. The molecule has 0 aliphatic rings. The number of hydrogen-bond donors (Lipinski definition) is 2. The van der Waals surface area contributed by atoms with E-state index in [0.717, 1.165) is 12.8 Å². The van der Waals surface area contributed by atoms with Crippen LogP contribution in [0.1, 0.15) is 18.4 Å². The van der Waals surface area contributed by atoms with Crippen LogP contribution >= 0.6 is 0 Å². The minimum absolute atomic E-state index is 0.0600. The summed E-state index contributed by atoms with van der Waals surface area (Å²) in [5.41, 5.74) is 6.35. The van der Waals surface area contributed by atoms with Gasteiger partial charge < -0.3 is 15.8 Å². The van der Waals surface area contributed by atoms with Gasteiger partial charge in [0.1, 0.15) is 0 Å². The van der Waals surface area contributed by atoms with Crippen molar-refractivity contribution < 1.29 is 9.53 Å². The van der Waals surface area contributed by atoms with Crippen LogP contribution in [0.2, 0.25) is 0 Å². The first-order chi connectivity index (χ1) is 8.33. The van der Waals surface area contributed by atoms with Crippen LogP contribution in [0, 0.1) is 0 Å². The second-order valence-corrected chi connectivity index (χ2v) is 3.80. The number of amides is 1. The summed E-state index contributed by atoms with van der Waals surface area (Å²) >= 11 is 0. The molecule has 0 aliphatic carbocycles. The molecule has 3 N–H and O–H groups in total. The van der Waals surface area contributed by atoms with Gasteiger partial charge in [-0.25, -0.2) is 0 Å². The van der Waals surface area contributed by atoms with Crippen molar-refractivity contribution in [3.8, 4) is 0 Å². The van der Waals surface area contributed by atoms with Crippen LogP contribution in [0.5, 0.6) is 0 Å². The number of rotatable bonds is 8. The molecule has 1 rings (SSSR count). The van der Waals surface area contributed by atoms with Gasteiger partial charge in [0.25, 0.3) is 0 Å². The van der Waals surface area contributed by atoms with Crippen LogP contribution < -0.4 is 11.1 Å². The van der Waals surface area contributed by atoms with E-state index < -0.39 is 0 Å². The standard InChI is InChI=1S/C13H20N2O2/c14-10-13(16)15-8-4-5-9-17-11-12-6-2-1-3-7-12/h1-3,6-7H,4-5,8-11,14H2,(H,15,16). The first-order valence-electron chi connectivity index (χ1n) is 5.91. The Morgan fingerprint density at radius 2 is 2.00 bits per heavy atom. The van der Waals surface area contributed by atoms with Crippen molar-refractivity contribution in [2.75, 3.05) is 19.7 Å². The van der Waals surface area contributed by atoms with Gasteiger partial charge >= 0.3 is 0 Å². The van der Waals surface area contributed by atoms with Gasteiger partial charge in [-0.3, -0.25) is 4.79 Å². The Bertz CT molecular complexity index is 314. The normalized spacial score (nSPS) is 10.2. The second-order valence-electron chi connectivity index (χ2n) is 3.80. The summed E-state index contributed by atoms with van der Waals surface area (Å²) in [5, 5.41) is 2.72. The fourth-order valence-corrected chi connectivity index (χ4v) is 1.39. The van der Waals surface area contributed by atoms with Gasteiger partial charge in [0.05, 0.1) is 13.2 Å². The molecule has 4 heteroatoms. The van der Waals surface area contributed by atoms with Gasteiger partial charge in [-0.05, 0) is 18.4 Å². The lowest BCUT2D eigenvalue weighted by Gasteiger charge is -2.05. The van der Waals surface area contributed by atoms with E-state index in [4.69, 9.17) is 10.5 Å². The topological polar surface area (TPSA) is 64.4 Å². The number of benzene rings is 1. The lowest BCUT2D eigenvalue weighted by atomic mass is 10.2. The lowest BCUT2D eigenvalue weighted by Crippen LogP contribution is -2.31. The molecule has 4 nitrogen and oxygen atoms in total. The molecule has 1 aromatic carbocycles. The first kappa shape index (κ1) is 13.7. The van der Waals surface area contributed by atoms with E-state index in [1.807, 2.05) is 30.3 Å². The molecule has 0 saturated carbocycles. The number of carbonyl (C=O) groups is 1. The van der Waals surface area contributed by atoms with E-state index in [2.05, 4.69) is 5.32 Å². The molecule has 1 aromatic rings. The second kappa shape index (κ2) is 8.73. The zero-order valence-corrected chi connectivity index (χ0v) is 10.0. The molecule has 0 heterocycles. The first-order valence-corrected chi connectivity index (χ1v) is 5.91. The molecule has 0 bridgehead atoms. The Morgan fingerprint density at radius 1 is 1.24 bits per heavy atom. The smallest absolute Gasteiger partial charge is 0.233 e. The number of carbonyl (C=O) groups excluding carboxylic acids is 1. The molecular weight excluding hydrogens is 216 g/mol. The summed E-state index contributed by atoms with van der Waals surface area (Å²) in [4.78, 5) is 10.8. The SMILES string of the molecule is NCC(=O)NCCCCOCc1ccccc1. The molecule has 0 saturated heterocycles. The van der Waals surface area contributed by atoms with E-state index in [1.165, 1.54) is 5.56 Å². The van der Waals surface area contributed by atoms with Crippen molar-refractivity contribution in [2.24, 2.45) is 5.73 Å². The van der Waals surface area contributed by atoms with E-state index in [9.17, 15) is 4.79 Å². The Balaban J connectivity index is 1.93. The van der Waals surface area contributed by atoms with Gasteiger partial charge in [0, 0.05) is 13.2 Å². The monoisotopic (exact) mass is 236 g/mol. The molecule has 0 fully saturated rings. The zero-order valence-electron chi connectivity index (χ0n) is 10.0. The van der Waals surface area contributed by atoms with Crippen molar-refractivity contribution in [1.29, 1.82) is 0 Å². The van der Waals surface area contributed by atoms with Crippen molar-refractivity contribution >= 4 is 5.91 Å². The summed E-state index contributed by atoms with van der Waals surface area (Å²) in [6.45, 7) is 2.10. The van der Waals surface area contributed by atoms with Crippen molar-refractivity contribution in [1.82, 2.24) is 5.32 Å². The van der Waals surface area contributed by atoms with E-state index >= 15 is 0 Å². The van der Waals surface area contributed by atoms with Gasteiger partial charge in [0.15, 0.2) is 0 Å². The van der Waals surface area contributed by atoms with Crippen LogP contribution in [0.25, 0.3) is 0 Å². The Kier molecular flexibility index (Phi) is 7.02. The molecule has 17 heavy (non-hydrogen) atoms. The van der Waals surface area contributed by atoms with Crippen LogP contribution in [-0.2, 0) is 16.1 Å². The Hall–Kier alpha value is -1.39. The molecule has 0 unspecified atom stereocenters. The zero-order chi connectivity index (χ0) is 12.3. The highest BCUT2D eigenvalue weighted by Crippen LogP contribution is 2.01. The summed E-state index contributed by atoms with van der Waals surface area (Å²) in [6.07, 6.45) is 1.86. The third-order valence-corrected chi connectivity index (χ3v) is 2.33. The number of unbranched alkanes of at least 4 members (excludes halogenated alkanes) is 1. The fraction of sp³-hybridized carbons (Fsp3) is 0.462. The van der Waals surface area contributed by atoms with Crippen molar-refractivity contribution in [3.05, 3.63) is 35.9 Å². The van der Waals surface area contributed by atoms with Crippen LogP contribution in [0.3, 0.4) is 0 Å². The maximum Gasteiger partial charge on any atom is 0.233 e. The molecule has 0 atom stereocenters. The number of hydrogen-bond acceptors (Lipinski definition) is 3. The third kappa shape index (κ3) is 6.71. The predicted octanol–water partition coefficient (Wildman–Crippen LogP) is 1.06. The summed E-state index contributed by atoms with van der Waals surface area (Å²) < 4.78 is 5.52. The third-order valence-electron chi connectivity index (χ3n) is 2.33. The average Bonchev–Trinajstić information content (AvgIpc) is 2.38. The van der Waals surface area contributed by atoms with E-state index in [0.29, 0.717) is 19.8 Å². The largest absolute Gasteiger partial charge is 0.377 e. The summed E-state index contributed by atoms with van der Waals surface area (Å²) in [7, 11) is 0. The van der Waals surface area contributed by atoms with E-state index in [-0.39, 0.29) is 12.5 Å². The fourth-order valence-electron chi connectivity index (χ4n) is 1.39. The summed E-state index contributed by atoms with van der Waals surface area (Å²) in [6, 6.07) is 10.1. The molecule has 94 valence electrons. The Labute approximate surface area is 102 Å². The predicted molar refractivity (Wildman–Crippen MR) is 67.4 cm³/mol. The lowest BCUT2D eigenvalue weighted by molar-refractivity contribution is -0.119. The molecule has 1 amide bonds. The maximum atomic E-state index is 10.8. The van der Waals surface area contributed by atoms with Gasteiger partial charge in [-0.2, -0.15) is 0 Å². The number of ether oxygens (including phenoxy) is 1. The Morgan fingerprint density at radius 3 is 2.71 bits per heavy atom. The van der Waals surface area contributed by atoms with Crippen molar-refractivity contribution in [2.45, 2.75) is 19.4 Å². The molecular formula is C13H20N2O2. The molecule has 0 aromatic heterocycles. The summed E-state index contributed by atoms with van der Waals surface area (Å²) in [5.74, 6) is -0.102. The van der Waals surface area contributed by atoms with Gasteiger partial charge in [-0.1, -0.05) is 30.3 Å². The number of nitrogens with one attached hydrogen (secondary N) is 1. The van der Waals surface area contributed by atoms with Gasteiger partial charge in [-0.15, -0.1) is 0 Å². The maximum absolute atomic E-state index is 10.8. The minimum atomic E-state index is -0.102. The highest BCUT2D eigenvalue weighted by atomic mass is 16.5. The van der Waals surface area contributed by atoms with Crippen LogP contribution in [0.15, 0.2) is 30.3 Å². The van der Waals surface area contributed by atoms with Crippen LogP contribution in [-0.4, -0.2) is 25.6 Å². The van der Waals surface area contributed by atoms with E-state index in [1.54, 1.807) is 0 Å². The molecule has 0 aliphatic heterocycles. The van der Waals surface area contributed by atoms with Gasteiger partial charge in [0.2, 0.25) is 5.91 Å². The van der Waals surface area contributed by atoms with Crippen LogP contribution in [0.4, 0.5) is 0 Å². The molecule has 0 radical (unpaired) electrons. The molecule has 0 spiro atoms. The van der Waals surface area contributed by atoms with Crippen molar-refractivity contribution in [3.63, 3.8) is 0 Å². The minimum Gasteiger partial charge on any atom is -0.377 e. The average molecular weight is 236 g/mol.